The predicted octanol–water partition coefficient (Wildman–Crippen LogP) is 3.73. The average Bonchev–Trinajstić information content (AvgIpc) is 2.24. The van der Waals surface area contributed by atoms with Crippen molar-refractivity contribution in [2.45, 2.75) is 54.0 Å². The van der Waals surface area contributed by atoms with E-state index in [-0.39, 0.29) is 5.54 Å². The van der Waals surface area contributed by atoms with Gasteiger partial charge in [0.15, 0.2) is 0 Å². The summed E-state index contributed by atoms with van der Waals surface area (Å²) in [4.78, 5) is 10.1. The molecule has 0 saturated carbocycles. The molecule has 0 saturated heterocycles. The first kappa shape index (κ1) is 23.2. The van der Waals surface area contributed by atoms with Crippen molar-refractivity contribution < 1.29 is 4.79 Å². The first-order valence-corrected chi connectivity index (χ1v) is 5.13. The van der Waals surface area contributed by atoms with Crippen molar-refractivity contribution in [1.29, 1.82) is 0 Å². The molecule has 0 aromatic carbocycles. The van der Waals surface area contributed by atoms with Gasteiger partial charge in [-0.05, 0) is 27.0 Å². The molecular weight excluding hydrogens is 174 g/mol. The minimum absolute atomic E-state index is 0.224. The molecule has 0 bridgehead atoms. The van der Waals surface area contributed by atoms with E-state index in [1.165, 1.54) is 0 Å². The zero-order valence-electron chi connectivity index (χ0n) is 11.3. The summed E-state index contributed by atoms with van der Waals surface area (Å²) >= 11 is 0. The first-order chi connectivity index (χ1) is 6.48. The largest absolute Gasteiger partial charge is 0.376 e. The van der Waals surface area contributed by atoms with Crippen LogP contribution in [-0.2, 0) is 4.79 Å². The van der Waals surface area contributed by atoms with E-state index in [2.05, 4.69) is 32.3 Å². The molecule has 2 nitrogen and oxygen atoms in total. The zero-order chi connectivity index (χ0) is 12.8. The fraction of sp³-hybridized carbons (Fsp3) is 0.750. The molecule has 0 rings (SSSR count). The molecule has 0 spiro atoms. The number of rotatable bonds is 1. The molecule has 0 aromatic rings. The van der Waals surface area contributed by atoms with Crippen LogP contribution in [0.5, 0.6) is 0 Å². The van der Waals surface area contributed by atoms with Crippen LogP contribution >= 0.6 is 0 Å². The molecule has 0 amide bonds. The fourth-order valence-electron chi connectivity index (χ4n) is 0.274. The Kier molecular flexibility index (Phi) is 30.0. The second-order valence-corrected chi connectivity index (χ2v) is 2.96. The van der Waals surface area contributed by atoms with Crippen LogP contribution in [0, 0.1) is 0 Å². The van der Waals surface area contributed by atoms with Gasteiger partial charge in [-0.2, -0.15) is 0 Å². The third kappa shape index (κ3) is 22.5. The van der Waals surface area contributed by atoms with Crippen LogP contribution in [0.25, 0.3) is 0 Å². The molecule has 0 aliphatic heterocycles. The highest BCUT2D eigenvalue weighted by molar-refractivity contribution is 5.10. The SMILES string of the molecule is C=CN(C)C(C)(C)C.C=O.CC.CC. The first-order valence-electron chi connectivity index (χ1n) is 5.13. The lowest BCUT2D eigenvalue weighted by atomic mass is 10.1. The number of hydrogen-bond donors (Lipinski definition) is 0. The molecule has 88 valence electrons. The van der Waals surface area contributed by atoms with Crippen molar-refractivity contribution in [2.24, 2.45) is 0 Å². The van der Waals surface area contributed by atoms with Crippen molar-refractivity contribution in [1.82, 2.24) is 4.90 Å². The maximum absolute atomic E-state index is 8.00. The van der Waals surface area contributed by atoms with Gasteiger partial charge >= 0.3 is 0 Å². The Morgan fingerprint density at radius 2 is 1.21 bits per heavy atom. The van der Waals surface area contributed by atoms with E-state index in [9.17, 15) is 0 Å². The Hall–Kier alpha value is -0.790. The summed E-state index contributed by atoms with van der Waals surface area (Å²) in [5.41, 5.74) is 0.224. The molecule has 0 fully saturated rings. The third-order valence-electron chi connectivity index (χ3n) is 1.33. The Morgan fingerprint density at radius 3 is 1.21 bits per heavy atom. The summed E-state index contributed by atoms with van der Waals surface area (Å²) < 4.78 is 0. The average molecular weight is 203 g/mol. The van der Waals surface area contributed by atoms with E-state index in [1.54, 1.807) is 0 Å². The molecule has 0 radical (unpaired) electrons. The standard InChI is InChI=1S/C7H15N.2C2H6.CH2O/c1-6-8(5)7(2,3)4;3*1-2/h6H,1H2,2-5H3;2*1-2H3;1H2. The van der Waals surface area contributed by atoms with Crippen LogP contribution < -0.4 is 0 Å². The van der Waals surface area contributed by atoms with E-state index in [1.807, 2.05) is 47.7 Å². The van der Waals surface area contributed by atoms with Crippen molar-refractivity contribution in [3.8, 4) is 0 Å². The van der Waals surface area contributed by atoms with Gasteiger partial charge in [0, 0.05) is 12.6 Å². The highest BCUT2D eigenvalue weighted by atomic mass is 16.1. The number of carbonyl (C=O) groups excluding carboxylic acids is 1. The summed E-state index contributed by atoms with van der Waals surface area (Å²) in [5, 5.41) is 0. The lowest BCUT2D eigenvalue weighted by Gasteiger charge is -2.30. The van der Waals surface area contributed by atoms with E-state index in [4.69, 9.17) is 4.79 Å². The number of hydrogen-bond acceptors (Lipinski definition) is 2. The minimum atomic E-state index is 0.224. The van der Waals surface area contributed by atoms with Crippen molar-refractivity contribution in [3.05, 3.63) is 12.8 Å². The summed E-state index contributed by atoms with van der Waals surface area (Å²) in [6, 6.07) is 0. The highest BCUT2D eigenvalue weighted by Crippen LogP contribution is 2.08. The summed E-state index contributed by atoms with van der Waals surface area (Å²) in [5.74, 6) is 0. The van der Waals surface area contributed by atoms with Gasteiger partial charge in [-0.15, -0.1) is 0 Å². The molecule has 0 unspecified atom stereocenters. The normalized spacial score (nSPS) is 7.43. The number of carbonyl (C=O) groups is 1. The maximum Gasteiger partial charge on any atom is 0.106 e. The van der Waals surface area contributed by atoms with Crippen molar-refractivity contribution in [3.63, 3.8) is 0 Å². The Bertz CT molecular complexity index is 95.0. The topological polar surface area (TPSA) is 20.3 Å². The van der Waals surface area contributed by atoms with Crippen molar-refractivity contribution >= 4 is 6.79 Å². The quantitative estimate of drug-likeness (QED) is 0.647. The van der Waals surface area contributed by atoms with Gasteiger partial charge in [-0.25, -0.2) is 0 Å². The molecule has 0 aliphatic rings. The van der Waals surface area contributed by atoms with E-state index in [0.29, 0.717) is 0 Å². The summed E-state index contributed by atoms with van der Waals surface area (Å²) in [7, 11) is 2.02. The molecule has 2 heteroatoms. The van der Waals surface area contributed by atoms with Crippen LogP contribution in [0.15, 0.2) is 12.8 Å². The fourth-order valence-corrected chi connectivity index (χ4v) is 0.274. The molecule has 0 N–H and O–H groups in total. The van der Waals surface area contributed by atoms with Crippen LogP contribution in [0.3, 0.4) is 0 Å². The van der Waals surface area contributed by atoms with Crippen molar-refractivity contribution in [2.75, 3.05) is 7.05 Å². The van der Waals surface area contributed by atoms with E-state index in [0.717, 1.165) is 0 Å². The van der Waals surface area contributed by atoms with E-state index >= 15 is 0 Å². The van der Waals surface area contributed by atoms with Crippen LogP contribution in [0.4, 0.5) is 0 Å². The number of nitrogens with zero attached hydrogens (tertiary/aromatic N) is 1. The van der Waals surface area contributed by atoms with Gasteiger partial charge in [-0.1, -0.05) is 34.3 Å². The molecule has 14 heavy (non-hydrogen) atoms. The summed E-state index contributed by atoms with van der Waals surface area (Å²) in [6.07, 6.45) is 1.83. The monoisotopic (exact) mass is 203 g/mol. The highest BCUT2D eigenvalue weighted by Gasteiger charge is 2.11. The van der Waals surface area contributed by atoms with Gasteiger partial charge in [0.25, 0.3) is 0 Å². The molecule has 0 aliphatic carbocycles. The van der Waals surface area contributed by atoms with Gasteiger partial charge in [-0.3, -0.25) is 0 Å². The Morgan fingerprint density at radius 1 is 1.00 bits per heavy atom. The van der Waals surface area contributed by atoms with Crippen LogP contribution in [0.1, 0.15) is 48.5 Å². The van der Waals surface area contributed by atoms with Gasteiger partial charge in [0.05, 0.1) is 0 Å². The van der Waals surface area contributed by atoms with Crippen LogP contribution in [0.2, 0.25) is 0 Å². The summed E-state index contributed by atoms with van der Waals surface area (Å²) in [6.45, 7) is 20.1. The predicted molar refractivity (Wildman–Crippen MR) is 67.5 cm³/mol. The van der Waals surface area contributed by atoms with Gasteiger partial charge in [0.2, 0.25) is 0 Å². The lowest BCUT2D eigenvalue weighted by molar-refractivity contribution is -0.0979. The Balaban J connectivity index is -0.0000000708. The second kappa shape index (κ2) is 18.1. The zero-order valence-corrected chi connectivity index (χ0v) is 11.3. The maximum atomic E-state index is 8.00. The second-order valence-electron chi connectivity index (χ2n) is 2.96. The van der Waals surface area contributed by atoms with Gasteiger partial charge < -0.3 is 9.69 Å². The Labute approximate surface area is 91.0 Å². The van der Waals surface area contributed by atoms with Crippen LogP contribution in [-0.4, -0.2) is 24.3 Å². The van der Waals surface area contributed by atoms with Gasteiger partial charge in [0.1, 0.15) is 6.79 Å². The minimum Gasteiger partial charge on any atom is -0.376 e. The smallest absolute Gasteiger partial charge is 0.106 e. The lowest BCUT2D eigenvalue weighted by Crippen LogP contribution is -2.33. The van der Waals surface area contributed by atoms with E-state index < -0.39 is 0 Å². The molecular formula is C12H29NO. The molecule has 0 atom stereocenters. The molecule has 0 aromatic heterocycles. The molecule has 0 heterocycles. The third-order valence-corrected chi connectivity index (χ3v) is 1.33.